The number of benzene rings is 1. The van der Waals surface area contributed by atoms with Gasteiger partial charge in [0.25, 0.3) is 5.91 Å². The number of alkyl halides is 2. The molecule has 0 bridgehead atoms. The van der Waals surface area contributed by atoms with Crippen LogP contribution in [0.25, 0.3) is 10.2 Å². The van der Waals surface area contributed by atoms with E-state index in [1.54, 1.807) is 20.0 Å². The maximum absolute atomic E-state index is 12.5. The van der Waals surface area contributed by atoms with E-state index in [0.29, 0.717) is 15.9 Å². The van der Waals surface area contributed by atoms with Gasteiger partial charge in [0.05, 0.1) is 15.1 Å². The summed E-state index contributed by atoms with van der Waals surface area (Å²) in [6, 6.07) is 5.78. The number of carbonyl (C=O) groups is 1. The molecule has 0 aliphatic carbocycles. The van der Waals surface area contributed by atoms with E-state index in [9.17, 15) is 23.7 Å². The first-order valence-electron chi connectivity index (χ1n) is 9.10. The topological polar surface area (TPSA) is 130 Å². The number of anilines is 1. The van der Waals surface area contributed by atoms with E-state index in [1.807, 2.05) is 0 Å². The van der Waals surface area contributed by atoms with Crippen LogP contribution < -0.4 is 10.1 Å². The van der Waals surface area contributed by atoms with Crippen molar-refractivity contribution in [3.8, 4) is 5.75 Å². The Hall–Kier alpha value is -3.94. The summed E-state index contributed by atoms with van der Waals surface area (Å²) < 4.78 is 32.5. The van der Waals surface area contributed by atoms with E-state index in [4.69, 9.17) is 0 Å². The van der Waals surface area contributed by atoms with Crippen LogP contribution in [-0.4, -0.2) is 42.0 Å². The van der Waals surface area contributed by atoms with Crippen molar-refractivity contribution in [1.29, 1.82) is 0 Å². The lowest BCUT2D eigenvalue weighted by Crippen LogP contribution is -2.15. The number of carbonyl (C=O) groups excluding carboxylic acids is 1. The molecule has 0 atom stereocenters. The minimum absolute atomic E-state index is 0.00263. The zero-order valence-corrected chi connectivity index (χ0v) is 17.5. The summed E-state index contributed by atoms with van der Waals surface area (Å²) >= 11 is 1.10. The van der Waals surface area contributed by atoms with E-state index in [0.717, 1.165) is 11.3 Å². The third-order valence-corrected chi connectivity index (χ3v) is 5.42. The minimum atomic E-state index is -2.93. The van der Waals surface area contributed by atoms with Crippen LogP contribution in [0.2, 0.25) is 0 Å². The third kappa shape index (κ3) is 4.25. The van der Waals surface area contributed by atoms with E-state index in [2.05, 4.69) is 25.2 Å². The van der Waals surface area contributed by atoms with Crippen LogP contribution in [0.4, 0.5) is 19.6 Å². The smallest absolute Gasteiger partial charge is 0.387 e. The second-order valence-corrected chi connectivity index (χ2v) is 7.67. The fraction of sp³-hybridized carbons (Fsp3) is 0.222. The molecule has 32 heavy (non-hydrogen) atoms. The number of hydrogen-bond acceptors (Lipinski definition) is 8. The average molecular weight is 463 g/mol. The lowest BCUT2D eigenvalue weighted by Gasteiger charge is -2.03. The molecular formula is C18H15F2N7O4S. The van der Waals surface area contributed by atoms with Crippen molar-refractivity contribution < 1.29 is 23.2 Å². The van der Waals surface area contributed by atoms with Gasteiger partial charge in [0.1, 0.15) is 23.8 Å². The number of nitrogens with zero attached hydrogens (tertiary/aromatic N) is 6. The van der Waals surface area contributed by atoms with Crippen molar-refractivity contribution in [2.24, 2.45) is 0 Å². The lowest BCUT2D eigenvalue weighted by molar-refractivity contribution is -0.386. The highest BCUT2D eigenvalue weighted by atomic mass is 32.1. The standard InChI is InChI=1S/C18H15F2N7O4S/c1-9-15(27(29)30)10(2)26(23-9)8-25-6-5-13(24-25)16(28)22-18-21-12-4-3-11(31-17(19)20)7-14(12)32-18/h3-7,17H,8H2,1-2H3,(H,21,22,28). The molecule has 3 aromatic heterocycles. The number of rotatable bonds is 7. The van der Waals surface area contributed by atoms with Gasteiger partial charge >= 0.3 is 12.3 Å². The Morgan fingerprint density at radius 2 is 2.09 bits per heavy atom. The fourth-order valence-electron chi connectivity index (χ4n) is 3.08. The molecule has 4 rings (SSSR count). The Bertz CT molecular complexity index is 1330. The Morgan fingerprint density at radius 3 is 2.78 bits per heavy atom. The summed E-state index contributed by atoms with van der Waals surface area (Å²) in [7, 11) is 0. The van der Waals surface area contributed by atoms with Gasteiger partial charge in [-0.05, 0) is 38.1 Å². The predicted octanol–water partition coefficient (Wildman–Crippen LogP) is 3.57. The van der Waals surface area contributed by atoms with Gasteiger partial charge in [0.2, 0.25) is 0 Å². The molecule has 1 N–H and O–H groups in total. The summed E-state index contributed by atoms with van der Waals surface area (Å²) in [6.07, 6.45) is 1.55. The van der Waals surface area contributed by atoms with Gasteiger partial charge in [0, 0.05) is 6.20 Å². The number of amides is 1. The summed E-state index contributed by atoms with van der Waals surface area (Å²) in [5.74, 6) is -0.525. The van der Waals surface area contributed by atoms with Gasteiger partial charge in [-0.25, -0.2) is 9.67 Å². The van der Waals surface area contributed by atoms with E-state index in [1.165, 1.54) is 33.6 Å². The molecule has 3 heterocycles. The zero-order valence-electron chi connectivity index (χ0n) is 16.7. The van der Waals surface area contributed by atoms with Crippen LogP contribution in [-0.2, 0) is 6.67 Å². The Morgan fingerprint density at radius 1 is 1.31 bits per heavy atom. The molecule has 166 valence electrons. The largest absolute Gasteiger partial charge is 0.435 e. The van der Waals surface area contributed by atoms with Crippen molar-refractivity contribution in [3.63, 3.8) is 0 Å². The van der Waals surface area contributed by atoms with Gasteiger partial charge in [-0.2, -0.15) is 19.0 Å². The molecule has 0 aliphatic heterocycles. The highest BCUT2D eigenvalue weighted by Gasteiger charge is 2.22. The lowest BCUT2D eigenvalue weighted by atomic mass is 10.3. The first-order valence-corrected chi connectivity index (χ1v) is 9.91. The van der Waals surface area contributed by atoms with Crippen LogP contribution in [0.15, 0.2) is 30.5 Å². The molecule has 1 aromatic carbocycles. The Kier molecular flexibility index (Phi) is 5.52. The van der Waals surface area contributed by atoms with Gasteiger partial charge in [-0.3, -0.25) is 24.9 Å². The fourth-order valence-corrected chi connectivity index (χ4v) is 3.97. The molecule has 0 spiro atoms. The highest BCUT2D eigenvalue weighted by Crippen LogP contribution is 2.30. The number of ether oxygens (including phenoxy) is 1. The molecule has 4 aromatic rings. The molecule has 0 unspecified atom stereocenters. The first kappa shape index (κ1) is 21.3. The second kappa shape index (κ2) is 8.30. The molecule has 1 amide bonds. The molecule has 0 saturated carbocycles. The predicted molar refractivity (Wildman–Crippen MR) is 110 cm³/mol. The third-order valence-electron chi connectivity index (χ3n) is 4.48. The van der Waals surface area contributed by atoms with Crippen molar-refractivity contribution in [2.45, 2.75) is 27.1 Å². The first-order chi connectivity index (χ1) is 15.2. The SMILES string of the molecule is Cc1nn(Cn2ccc(C(=O)Nc3nc4ccc(OC(F)F)cc4s3)n2)c(C)c1[N+](=O)[O-]. The number of aromatic nitrogens is 5. The quantitative estimate of drug-likeness (QED) is 0.327. The normalized spacial score (nSPS) is 11.3. The van der Waals surface area contributed by atoms with E-state index >= 15 is 0 Å². The zero-order chi connectivity index (χ0) is 23.0. The van der Waals surface area contributed by atoms with Crippen molar-refractivity contribution >= 4 is 38.3 Å². The van der Waals surface area contributed by atoms with Gasteiger partial charge in [0.15, 0.2) is 10.8 Å². The molecule has 0 saturated heterocycles. The van der Waals surface area contributed by atoms with E-state index in [-0.39, 0.29) is 34.6 Å². The van der Waals surface area contributed by atoms with Crippen LogP contribution in [0.3, 0.4) is 0 Å². The monoisotopic (exact) mass is 463 g/mol. The van der Waals surface area contributed by atoms with Crippen LogP contribution in [0, 0.1) is 24.0 Å². The van der Waals surface area contributed by atoms with E-state index < -0.39 is 17.4 Å². The second-order valence-electron chi connectivity index (χ2n) is 6.64. The van der Waals surface area contributed by atoms with Crippen LogP contribution in [0.1, 0.15) is 21.9 Å². The molecule has 14 heteroatoms. The summed E-state index contributed by atoms with van der Waals surface area (Å²) in [5, 5.41) is 22.3. The number of hydrogen-bond donors (Lipinski definition) is 1. The molecule has 11 nitrogen and oxygen atoms in total. The number of nitro groups is 1. The molecule has 0 aliphatic rings. The number of halogens is 2. The van der Waals surface area contributed by atoms with Crippen LogP contribution >= 0.6 is 11.3 Å². The Balaban J connectivity index is 1.47. The maximum Gasteiger partial charge on any atom is 0.387 e. The maximum atomic E-state index is 12.5. The van der Waals surface area contributed by atoms with Gasteiger partial charge in [-0.15, -0.1) is 0 Å². The number of thiazole rings is 1. The van der Waals surface area contributed by atoms with Crippen molar-refractivity contribution in [3.05, 3.63) is 57.7 Å². The van der Waals surface area contributed by atoms with Crippen molar-refractivity contribution in [2.75, 3.05) is 5.32 Å². The van der Waals surface area contributed by atoms with Gasteiger partial charge < -0.3 is 4.74 Å². The molecular weight excluding hydrogens is 448 g/mol. The average Bonchev–Trinajstić information content (AvgIpc) is 3.39. The summed E-state index contributed by atoms with van der Waals surface area (Å²) in [6.45, 7) is 0.279. The van der Waals surface area contributed by atoms with Crippen LogP contribution in [0.5, 0.6) is 5.75 Å². The van der Waals surface area contributed by atoms with Crippen molar-refractivity contribution in [1.82, 2.24) is 24.5 Å². The minimum Gasteiger partial charge on any atom is -0.435 e. The Labute approximate surface area is 182 Å². The highest BCUT2D eigenvalue weighted by molar-refractivity contribution is 7.22. The number of aryl methyl sites for hydroxylation is 1. The van der Waals surface area contributed by atoms with Gasteiger partial charge in [-0.1, -0.05) is 11.3 Å². The number of nitrogens with one attached hydrogen (secondary N) is 1. The molecule has 0 radical (unpaired) electrons. The molecule has 0 fully saturated rings. The summed E-state index contributed by atoms with van der Waals surface area (Å²) in [5.41, 5.74) is 1.22. The summed E-state index contributed by atoms with van der Waals surface area (Å²) in [4.78, 5) is 27.4. The number of fused-ring (bicyclic) bond motifs is 1.